The first-order chi connectivity index (χ1) is 6.48. The second-order valence-corrected chi connectivity index (χ2v) is 2.64. The van der Waals surface area contributed by atoms with Crippen LogP contribution in [0.2, 0.25) is 0 Å². The zero-order chi connectivity index (χ0) is 10.3. The van der Waals surface area contributed by atoms with Crippen molar-refractivity contribution in [1.82, 2.24) is 14.4 Å². The van der Waals surface area contributed by atoms with Gasteiger partial charge in [-0.1, -0.05) is 0 Å². The van der Waals surface area contributed by atoms with Crippen molar-refractivity contribution in [1.29, 1.82) is 0 Å². The van der Waals surface area contributed by atoms with Gasteiger partial charge in [-0.2, -0.15) is 13.2 Å². The topological polar surface area (TPSA) is 50.2 Å². The number of aromatic amines is 1. The summed E-state index contributed by atoms with van der Waals surface area (Å²) in [5.41, 5.74) is -1.98. The number of imidazole rings is 1. The van der Waals surface area contributed by atoms with Crippen LogP contribution in [0.25, 0.3) is 5.65 Å². The summed E-state index contributed by atoms with van der Waals surface area (Å²) in [6.07, 6.45) is -2.02. The molecular formula is C7H4F3N3O. The highest BCUT2D eigenvalue weighted by atomic mass is 19.4. The van der Waals surface area contributed by atoms with Crippen LogP contribution in [-0.4, -0.2) is 14.4 Å². The average molecular weight is 203 g/mol. The number of alkyl halides is 3. The number of H-pyrrole nitrogens is 1. The van der Waals surface area contributed by atoms with Gasteiger partial charge in [-0.15, -0.1) is 0 Å². The first-order valence-electron chi connectivity index (χ1n) is 3.62. The Morgan fingerprint density at radius 2 is 2.14 bits per heavy atom. The van der Waals surface area contributed by atoms with Crippen LogP contribution < -0.4 is 5.69 Å². The number of aromatic nitrogens is 3. The number of nitrogens with zero attached hydrogens (tertiary/aromatic N) is 2. The molecule has 1 N–H and O–H groups in total. The number of fused-ring (bicyclic) bond motifs is 1. The maximum atomic E-state index is 12.2. The summed E-state index contributed by atoms with van der Waals surface area (Å²) in [4.78, 5) is 16.4. The molecule has 0 amide bonds. The lowest BCUT2D eigenvalue weighted by Crippen LogP contribution is -2.21. The number of nitrogens with one attached hydrogen (secondary N) is 1. The van der Waals surface area contributed by atoms with E-state index in [1.54, 1.807) is 4.98 Å². The summed E-state index contributed by atoms with van der Waals surface area (Å²) in [6.45, 7) is 0. The molecule has 0 bridgehead atoms. The van der Waals surface area contributed by atoms with Gasteiger partial charge in [0.25, 0.3) is 0 Å². The van der Waals surface area contributed by atoms with Crippen LogP contribution in [0.5, 0.6) is 0 Å². The predicted molar refractivity (Wildman–Crippen MR) is 40.8 cm³/mol. The molecule has 0 aliphatic rings. The fourth-order valence-electron chi connectivity index (χ4n) is 1.09. The van der Waals surface area contributed by atoms with Crippen molar-refractivity contribution >= 4 is 5.65 Å². The second-order valence-electron chi connectivity index (χ2n) is 2.64. The van der Waals surface area contributed by atoms with Gasteiger partial charge < -0.3 is 4.98 Å². The predicted octanol–water partition coefficient (Wildman–Crippen LogP) is 1.04. The highest BCUT2D eigenvalue weighted by Crippen LogP contribution is 2.26. The zero-order valence-corrected chi connectivity index (χ0v) is 6.67. The Labute approximate surface area is 75.0 Å². The molecule has 0 aromatic carbocycles. The third-order valence-corrected chi connectivity index (χ3v) is 1.71. The summed E-state index contributed by atoms with van der Waals surface area (Å²) in [6, 6.07) is 0.779. The molecular weight excluding hydrogens is 199 g/mol. The van der Waals surface area contributed by atoms with Crippen molar-refractivity contribution in [3.63, 3.8) is 0 Å². The molecule has 2 rings (SSSR count). The Bertz CT molecular complexity index is 525. The SMILES string of the molecule is O=c1[nH]c(C(F)(F)F)cc2nccn12. The minimum absolute atomic E-state index is 0.0268. The Morgan fingerprint density at radius 1 is 1.43 bits per heavy atom. The lowest BCUT2D eigenvalue weighted by Gasteiger charge is -2.05. The van der Waals surface area contributed by atoms with Crippen molar-refractivity contribution in [3.8, 4) is 0 Å². The number of halogens is 3. The summed E-state index contributed by atoms with van der Waals surface area (Å²) < 4.78 is 37.6. The molecule has 14 heavy (non-hydrogen) atoms. The number of hydrogen-bond donors (Lipinski definition) is 1. The van der Waals surface area contributed by atoms with Crippen molar-refractivity contribution in [2.75, 3.05) is 0 Å². The molecule has 0 saturated carbocycles. The fraction of sp³-hybridized carbons (Fsp3) is 0.143. The molecule has 0 aliphatic heterocycles. The van der Waals surface area contributed by atoms with Gasteiger partial charge in [0, 0.05) is 18.5 Å². The van der Waals surface area contributed by atoms with Crippen molar-refractivity contribution in [2.24, 2.45) is 0 Å². The van der Waals surface area contributed by atoms with Gasteiger partial charge >= 0.3 is 11.9 Å². The minimum atomic E-state index is -4.56. The molecule has 2 heterocycles. The van der Waals surface area contributed by atoms with Gasteiger partial charge in [-0.25, -0.2) is 9.78 Å². The fourth-order valence-corrected chi connectivity index (χ4v) is 1.09. The molecule has 0 saturated heterocycles. The molecule has 0 atom stereocenters. The van der Waals surface area contributed by atoms with E-state index < -0.39 is 17.6 Å². The van der Waals surface area contributed by atoms with E-state index in [0.29, 0.717) is 0 Å². The first kappa shape index (κ1) is 8.79. The lowest BCUT2D eigenvalue weighted by atomic mass is 10.4. The maximum absolute atomic E-state index is 12.2. The summed E-state index contributed by atoms with van der Waals surface area (Å²) in [7, 11) is 0. The Morgan fingerprint density at radius 3 is 2.79 bits per heavy atom. The van der Waals surface area contributed by atoms with E-state index in [1.807, 2.05) is 0 Å². The van der Waals surface area contributed by atoms with Crippen molar-refractivity contribution < 1.29 is 13.2 Å². The third-order valence-electron chi connectivity index (χ3n) is 1.71. The van der Waals surface area contributed by atoms with Crippen LogP contribution in [0.4, 0.5) is 13.2 Å². The molecule has 4 nitrogen and oxygen atoms in total. The standard InChI is InChI=1S/C7H4F3N3O/c8-7(9,10)4-3-5-11-1-2-13(5)6(14)12-4/h1-3H,(H,12,14). The van der Waals surface area contributed by atoms with Crippen LogP contribution in [0.15, 0.2) is 23.3 Å². The van der Waals surface area contributed by atoms with Gasteiger partial charge in [0.1, 0.15) is 11.3 Å². The molecule has 74 valence electrons. The Balaban J connectivity index is 2.77. The molecule has 0 radical (unpaired) electrons. The van der Waals surface area contributed by atoms with E-state index in [2.05, 4.69) is 4.98 Å². The highest BCUT2D eigenvalue weighted by molar-refractivity contribution is 5.39. The minimum Gasteiger partial charge on any atom is -0.303 e. The molecule has 0 unspecified atom stereocenters. The van der Waals surface area contributed by atoms with Gasteiger partial charge in [0.2, 0.25) is 0 Å². The second kappa shape index (κ2) is 2.60. The smallest absolute Gasteiger partial charge is 0.303 e. The van der Waals surface area contributed by atoms with Crippen molar-refractivity contribution in [3.05, 3.63) is 34.6 Å². The Hall–Kier alpha value is -1.79. The van der Waals surface area contributed by atoms with Crippen LogP contribution in [0, 0.1) is 0 Å². The highest BCUT2D eigenvalue weighted by Gasteiger charge is 2.32. The third kappa shape index (κ3) is 1.26. The number of hydrogen-bond acceptors (Lipinski definition) is 2. The van der Waals surface area contributed by atoms with E-state index in [-0.39, 0.29) is 5.65 Å². The van der Waals surface area contributed by atoms with E-state index >= 15 is 0 Å². The van der Waals surface area contributed by atoms with Crippen LogP contribution in [-0.2, 0) is 6.18 Å². The average Bonchev–Trinajstić information content (AvgIpc) is 2.50. The van der Waals surface area contributed by atoms with Crippen LogP contribution in [0.3, 0.4) is 0 Å². The van der Waals surface area contributed by atoms with Crippen LogP contribution in [0.1, 0.15) is 5.69 Å². The summed E-state index contributed by atoms with van der Waals surface area (Å²) in [5, 5.41) is 0. The molecule has 0 fully saturated rings. The van der Waals surface area contributed by atoms with E-state index in [4.69, 9.17) is 0 Å². The maximum Gasteiger partial charge on any atom is 0.431 e. The lowest BCUT2D eigenvalue weighted by molar-refractivity contribution is -0.141. The van der Waals surface area contributed by atoms with E-state index in [1.165, 1.54) is 12.4 Å². The first-order valence-corrected chi connectivity index (χ1v) is 3.62. The van der Waals surface area contributed by atoms with Gasteiger partial charge in [0.05, 0.1) is 0 Å². The zero-order valence-electron chi connectivity index (χ0n) is 6.67. The van der Waals surface area contributed by atoms with Gasteiger partial charge in [-0.05, 0) is 0 Å². The quantitative estimate of drug-likeness (QED) is 0.695. The molecule has 2 aromatic rings. The summed E-state index contributed by atoms with van der Waals surface area (Å²) in [5.74, 6) is 0. The molecule has 7 heteroatoms. The van der Waals surface area contributed by atoms with E-state index in [0.717, 1.165) is 10.5 Å². The van der Waals surface area contributed by atoms with Crippen molar-refractivity contribution in [2.45, 2.75) is 6.18 Å². The van der Waals surface area contributed by atoms with Crippen LogP contribution >= 0.6 is 0 Å². The van der Waals surface area contributed by atoms with Gasteiger partial charge in [-0.3, -0.25) is 4.40 Å². The molecule has 2 aromatic heterocycles. The van der Waals surface area contributed by atoms with E-state index in [9.17, 15) is 18.0 Å². The monoisotopic (exact) mass is 203 g/mol. The number of rotatable bonds is 0. The Kier molecular flexibility index (Phi) is 1.63. The molecule has 0 aliphatic carbocycles. The normalized spacial score (nSPS) is 12.2. The largest absolute Gasteiger partial charge is 0.431 e. The van der Waals surface area contributed by atoms with Gasteiger partial charge in [0.15, 0.2) is 0 Å². The summed E-state index contributed by atoms with van der Waals surface area (Å²) >= 11 is 0. The molecule has 0 spiro atoms.